The molecular formula is C9H8F3NO2S. The van der Waals surface area contributed by atoms with Gasteiger partial charge in [-0.05, 0) is 12.1 Å². The van der Waals surface area contributed by atoms with Crippen molar-refractivity contribution < 1.29 is 22.2 Å². The Balaban J connectivity index is 3.13. The molecule has 0 aliphatic carbocycles. The van der Waals surface area contributed by atoms with Crippen LogP contribution in [-0.2, 0) is 15.6 Å². The lowest BCUT2D eigenvalue weighted by Crippen LogP contribution is -2.18. The van der Waals surface area contributed by atoms with Gasteiger partial charge in [0.15, 0.2) is 10.8 Å². The molecule has 0 aliphatic heterocycles. The summed E-state index contributed by atoms with van der Waals surface area (Å²) in [5.41, 5.74) is -4.93. The topological polar surface area (TPSA) is 46.2 Å². The number of benzene rings is 1. The van der Waals surface area contributed by atoms with Crippen molar-refractivity contribution >= 4 is 22.4 Å². The number of carbonyl (C=O) groups excluding carboxylic acids is 1. The maximum absolute atomic E-state index is 12.2. The standard InChI is InChI=1S/C9H8F3NO2S/c1-6(14)13-7-4-2-3-5-8(7)16(15)9(10,11)12/h2-5H,1H3,(H,13,14). The quantitative estimate of drug-likeness (QED) is 0.876. The van der Waals surface area contributed by atoms with Crippen LogP contribution in [-0.4, -0.2) is 15.6 Å². The molecule has 0 heterocycles. The number of para-hydroxylation sites is 1. The zero-order valence-corrected chi connectivity index (χ0v) is 8.98. The van der Waals surface area contributed by atoms with Crippen LogP contribution in [0, 0.1) is 0 Å². The number of carbonyl (C=O) groups is 1. The Morgan fingerprint density at radius 3 is 2.38 bits per heavy atom. The molecule has 1 aromatic rings. The van der Waals surface area contributed by atoms with Crippen molar-refractivity contribution in [2.24, 2.45) is 0 Å². The summed E-state index contributed by atoms with van der Waals surface area (Å²) in [7, 11) is -3.14. The molecule has 0 spiro atoms. The van der Waals surface area contributed by atoms with Gasteiger partial charge in [0.1, 0.15) is 0 Å². The maximum Gasteiger partial charge on any atom is 0.475 e. The van der Waals surface area contributed by atoms with Gasteiger partial charge in [0.25, 0.3) is 0 Å². The van der Waals surface area contributed by atoms with E-state index in [1.165, 1.54) is 18.2 Å². The first-order valence-corrected chi connectivity index (χ1v) is 5.32. The molecule has 0 saturated carbocycles. The summed E-state index contributed by atoms with van der Waals surface area (Å²) in [5.74, 6) is -0.522. The van der Waals surface area contributed by atoms with Crippen LogP contribution in [0.2, 0.25) is 0 Å². The van der Waals surface area contributed by atoms with Gasteiger partial charge in [-0.2, -0.15) is 13.2 Å². The van der Waals surface area contributed by atoms with Crippen molar-refractivity contribution in [3.05, 3.63) is 24.3 Å². The summed E-state index contributed by atoms with van der Waals surface area (Å²) < 4.78 is 47.8. The third-order valence-electron chi connectivity index (χ3n) is 1.61. The highest BCUT2D eigenvalue weighted by molar-refractivity contribution is 7.86. The van der Waals surface area contributed by atoms with E-state index in [-0.39, 0.29) is 5.69 Å². The molecule has 1 amide bonds. The summed E-state index contributed by atoms with van der Waals surface area (Å²) in [4.78, 5) is 10.3. The number of amides is 1. The van der Waals surface area contributed by atoms with Crippen LogP contribution in [0.15, 0.2) is 29.2 Å². The average Bonchev–Trinajstić information content (AvgIpc) is 2.15. The van der Waals surface area contributed by atoms with Crippen molar-refractivity contribution in [3.8, 4) is 0 Å². The second-order valence-corrected chi connectivity index (χ2v) is 4.33. The Morgan fingerprint density at radius 1 is 1.31 bits per heavy atom. The molecule has 16 heavy (non-hydrogen) atoms. The van der Waals surface area contributed by atoms with Gasteiger partial charge in [-0.1, -0.05) is 12.1 Å². The molecule has 1 rings (SSSR count). The van der Waals surface area contributed by atoms with Gasteiger partial charge in [0.2, 0.25) is 5.91 Å². The first kappa shape index (κ1) is 12.7. The van der Waals surface area contributed by atoms with Crippen LogP contribution in [0.1, 0.15) is 6.92 Å². The largest absolute Gasteiger partial charge is 0.475 e. The minimum absolute atomic E-state index is 0.0920. The summed E-state index contributed by atoms with van der Waals surface area (Å²) in [6, 6.07) is 5.10. The fourth-order valence-corrected chi connectivity index (χ4v) is 1.82. The van der Waals surface area contributed by atoms with E-state index in [1.807, 2.05) is 0 Å². The van der Waals surface area contributed by atoms with Gasteiger partial charge < -0.3 is 5.32 Å². The number of halogens is 3. The van der Waals surface area contributed by atoms with Gasteiger partial charge in [0, 0.05) is 6.92 Å². The molecule has 0 saturated heterocycles. The maximum atomic E-state index is 12.2. The Kier molecular flexibility index (Phi) is 3.69. The molecule has 1 aromatic carbocycles. The third kappa shape index (κ3) is 3.06. The Labute approximate surface area is 92.1 Å². The average molecular weight is 251 g/mol. The van der Waals surface area contributed by atoms with Crippen molar-refractivity contribution in [2.75, 3.05) is 5.32 Å². The number of anilines is 1. The molecule has 0 aliphatic rings. The first-order chi connectivity index (χ1) is 7.32. The molecule has 1 N–H and O–H groups in total. The fourth-order valence-electron chi connectivity index (χ4n) is 1.05. The summed E-state index contributed by atoms with van der Waals surface area (Å²) >= 11 is 0. The van der Waals surface area contributed by atoms with E-state index in [2.05, 4.69) is 5.32 Å². The van der Waals surface area contributed by atoms with Crippen molar-refractivity contribution in [1.29, 1.82) is 0 Å². The predicted molar refractivity (Wildman–Crippen MR) is 53.2 cm³/mol. The summed E-state index contributed by atoms with van der Waals surface area (Å²) in [6.45, 7) is 1.16. The highest BCUT2D eigenvalue weighted by Gasteiger charge is 2.39. The smallest absolute Gasteiger partial charge is 0.325 e. The molecule has 0 aromatic heterocycles. The van der Waals surface area contributed by atoms with E-state index in [1.54, 1.807) is 0 Å². The van der Waals surface area contributed by atoms with E-state index in [0.29, 0.717) is 0 Å². The van der Waals surface area contributed by atoms with Crippen LogP contribution < -0.4 is 5.32 Å². The van der Waals surface area contributed by atoms with E-state index >= 15 is 0 Å². The van der Waals surface area contributed by atoms with Crippen molar-refractivity contribution in [3.63, 3.8) is 0 Å². The highest BCUT2D eigenvalue weighted by atomic mass is 32.2. The zero-order valence-electron chi connectivity index (χ0n) is 8.17. The molecule has 88 valence electrons. The van der Waals surface area contributed by atoms with Crippen molar-refractivity contribution in [2.45, 2.75) is 17.3 Å². The van der Waals surface area contributed by atoms with Gasteiger partial charge in [-0.15, -0.1) is 0 Å². The minimum Gasteiger partial charge on any atom is -0.325 e. The molecule has 0 bridgehead atoms. The van der Waals surface area contributed by atoms with E-state index in [4.69, 9.17) is 0 Å². The minimum atomic E-state index is -4.84. The first-order valence-electron chi connectivity index (χ1n) is 4.17. The molecule has 0 fully saturated rings. The number of hydrogen-bond acceptors (Lipinski definition) is 2. The monoisotopic (exact) mass is 251 g/mol. The molecular weight excluding hydrogens is 243 g/mol. The second-order valence-electron chi connectivity index (χ2n) is 2.89. The highest BCUT2D eigenvalue weighted by Crippen LogP contribution is 2.30. The van der Waals surface area contributed by atoms with E-state index < -0.39 is 27.1 Å². The van der Waals surface area contributed by atoms with Gasteiger partial charge in [-0.3, -0.25) is 4.79 Å². The Hall–Kier alpha value is -1.37. The van der Waals surface area contributed by atoms with Crippen LogP contribution in [0.4, 0.5) is 18.9 Å². The van der Waals surface area contributed by atoms with Crippen LogP contribution in [0.25, 0.3) is 0 Å². The van der Waals surface area contributed by atoms with E-state index in [0.717, 1.165) is 13.0 Å². The molecule has 0 radical (unpaired) electrons. The number of alkyl halides is 3. The van der Waals surface area contributed by atoms with Gasteiger partial charge >= 0.3 is 5.51 Å². The fraction of sp³-hybridized carbons (Fsp3) is 0.222. The Bertz CT molecular complexity index is 431. The molecule has 7 heteroatoms. The lowest BCUT2D eigenvalue weighted by Gasteiger charge is -2.11. The third-order valence-corrected chi connectivity index (χ3v) is 2.78. The second kappa shape index (κ2) is 4.65. The van der Waals surface area contributed by atoms with Crippen LogP contribution in [0.3, 0.4) is 0 Å². The van der Waals surface area contributed by atoms with Gasteiger partial charge in [-0.25, -0.2) is 4.21 Å². The van der Waals surface area contributed by atoms with Crippen molar-refractivity contribution in [1.82, 2.24) is 0 Å². The van der Waals surface area contributed by atoms with Crippen LogP contribution in [0.5, 0.6) is 0 Å². The van der Waals surface area contributed by atoms with Crippen LogP contribution >= 0.6 is 0 Å². The zero-order chi connectivity index (χ0) is 12.3. The molecule has 1 atom stereocenters. The SMILES string of the molecule is CC(=O)Nc1ccccc1S(=O)C(F)(F)F. The normalized spacial score (nSPS) is 13.2. The van der Waals surface area contributed by atoms with Gasteiger partial charge in [0.05, 0.1) is 10.6 Å². The summed E-state index contributed by atoms with van der Waals surface area (Å²) in [6.07, 6.45) is 0. The number of hydrogen-bond donors (Lipinski definition) is 1. The number of nitrogens with one attached hydrogen (secondary N) is 1. The van der Waals surface area contributed by atoms with E-state index in [9.17, 15) is 22.2 Å². The Morgan fingerprint density at radius 2 is 1.88 bits per heavy atom. The predicted octanol–water partition coefficient (Wildman–Crippen LogP) is 2.27. The molecule has 3 nitrogen and oxygen atoms in total. The lowest BCUT2D eigenvalue weighted by molar-refractivity contribution is -0.114. The molecule has 1 unspecified atom stereocenters. The summed E-state index contributed by atoms with van der Waals surface area (Å²) in [5, 5.41) is 2.19. The lowest BCUT2D eigenvalue weighted by atomic mass is 10.3. The number of rotatable bonds is 2.